The van der Waals surface area contributed by atoms with Crippen molar-refractivity contribution in [2.45, 2.75) is 44.4 Å². The lowest BCUT2D eigenvalue weighted by molar-refractivity contribution is -0.184. The Labute approximate surface area is 123 Å². The Kier molecular flexibility index (Phi) is 6.42. The van der Waals surface area contributed by atoms with E-state index in [1.165, 1.54) is 4.90 Å². The van der Waals surface area contributed by atoms with Gasteiger partial charge in [-0.1, -0.05) is 13.3 Å². The molecule has 1 aliphatic rings. The molecule has 2 atom stereocenters. The molecule has 0 bridgehead atoms. The van der Waals surface area contributed by atoms with Gasteiger partial charge in [-0.2, -0.15) is 13.2 Å². The molecule has 4 N–H and O–H groups in total. The zero-order valence-corrected chi connectivity index (χ0v) is 12.6. The summed E-state index contributed by atoms with van der Waals surface area (Å²) in [6, 6.07) is -1.67. The van der Waals surface area contributed by atoms with Crippen LogP contribution in [0.2, 0.25) is 0 Å². The molecule has 5 nitrogen and oxygen atoms in total. The number of piperazine rings is 1. The van der Waals surface area contributed by atoms with E-state index in [1.54, 1.807) is 6.92 Å². The van der Waals surface area contributed by atoms with Crippen LogP contribution >= 0.6 is 0 Å². The highest BCUT2D eigenvalue weighted by Crippen LogP contribution is 2.25. The van der Waals surface area contributed by atoms with Crippen LogP contribution in [0.3, 0.4) is 0 Å². The number of halogens is 3. The fourth-order valence-corrected chi connectivity index (χ4v) is 2.47. The molecule has 0 aromatic rings. The zero-order chi connectivity index (χ0) is 16.1. The summed E-state index contributed by atoms with van der Waals surface area (Å²) in [7, 11) is 0. The van der Waals surface area contributed by atoms with Crippen molar-refractivity contribution in [2.24, 2.45) is 5.73 Å². The number of alkyl halides is 3. The van der Waals surface area contributed by atoms with E-state index >= 15 is 0 Å². The van der Waals surface area contributed by atoms with Gasteiger partial charge in [0.2, 0.25) is 5.91 Å². The van der Waals surface area contributed by atoms with Crippen LogP contribution in [0.4, 0.5) is 13.2 Å². The minimum absolute atomic E-state index is 0.314. The molecule has 2 unspecified atom stereocenters. The Morgan fingerprint density at radius 2 is 1.95 bits per heavy atom. The highest BCUT2D eigenvalue weighted by Gasteiger charge is 2.44. The number of rotatable bonds is 6. The number of hydrogen-bond acceptors (Lipinski definition) is 4. The molecule has 0 aromatic heterocycles. The van der Waals surface area contributed by atoms with Crippen LogP contribution in [0.25, 0.3) is 0 Å². The van der Waals surface area contributed by atoms with E-state index in [4.69, 9.17) is 5.73 Å². The van der Waals surface area contributed by atoms with Crippen LogP contribution in [0.1, 0.15) is 26.7 Å². The number of nitrogens with zero attached hydrogens (tertiary/aromatic N) is 1. The average molecular weight is 310 g/mol. The van der Waals surface area contributed by atoms with Gasteiger partial charge in [-0.05, 0) is 13.3 Å². The summed E-state index contributed by atoms with van der Waals surface area (Å²) >= 11 is 0. The number of amides is 1. The maximum atomic E-state index is 13.2. The van der Waals surface area contributed by atoms with Crippen molar-refractivity contribution in [1.82, 2.24) is 15.5 Å². The van der Waals surface area contributed by atoms with Crippen LogP contribution in [-0.2, 0) is 4.79 Å². The first-order valence-electron chi connectivity index (χ1n) is 7.27. The molecule has 8 heteroatoms. The van der Waals surface area contributed by atoms with E-state index in [0.29, 0.717) is 39.0 Å². The molecule has 0 aromatic carbocycles. The van der Waals surface area contributed by atoms with Crippen molar-refractivity contribution >= 4 is 5.91 Å². The van der Waals surface area contributed by atoms with Crippen LogP contribution in [-0.4, -0.2) is 61.3 Å². The zero-order valence-electron chi connectivity index (χ0n) is 12.6. The number of hydrogen-bond donors (Lipinski definition) is 3. The number of nitrogens with one attached hydrogen (secondary N) is 2. The number of nitrogens with two attached hydrogens (primary N) is 1. The molecule has 124 valence electrons. The second-order valence-electron chi connectivity index (χ2n) is 5.72. The predicted molar refractivity (Wildman–Crippen MR) is 74.8 cm³/mol. The Morgan fingerprint density at radius 3 is 2.43 bits per heavy atom. The first kappa shape index (κ1) is 18.2. The second kappa shape index (κ2) is 7.42. The summed E-state index contributed by atoms with van der Waals surface area (Å²) in [6.45, 7) is 4.62. The van der Waals surface area contributed by atoms with E-state index in [2.05, 4.69) is 10.6 Å². The van der Waals surface area contributed by atoms with Crippen LogP contribution < -0.4 is 16.4 Å². The van der Waals surface area contributed by atoms with E-state index in [1.807, 2.05) is 6.92 Å². The molecule has 1 rings (SSSR count). The van der Waals surface area contributed by atoms with Gasteiger partial charge in [0.25, 0.3) is 0 Å². The molecule has 0 aliphatic carbocycles. The molecule has 1 aliphatic heterocycles. The molecule has 0 radical (unpaired) electrons. The molecule has 0 saturated carbocycles. The Hall–Kier alpha value is -0.860. The molecular weight excluding hydrogens is 285 g/mol. The van der Waals surface area contributed by atoms with Gasteiger partial charge in [0.05, 0.1) is 5.54 Å². The lowest BCUT2D eigenvalue weighted by Gasteiger charge is -2.36. The fourth-order valence-electron chi connectivity index (χ4n) is 2.47. The largest absolute Gasteiger partial charge is 0.405 e. The average Bonchev–Trinajstić information content (AvgIpc) is 2.38. The molecular formula is C13H25F3N4O. The van der Waals surface area contributed by atoms with E-state index in [-0.39, 0.29) is 0 Å². The highest BCUT2D eigenvalue weighted by atomic mass is 19.4. The lowest BCUT2D eigenvalue weighted by atomic mass is 9.96. The van der Waals surface area contributed by atoms with Gasteiger partial charge in [0.15, 0.2) is 0 Å². The molecule has 1 heterocycles. The highest BCUT2D eigenvalue weighted by molar-refractivity contribution is 5.85. The third kappa shape index (κ3) is 5.44. The molecule has 0 spiro atoms. The Bertz CT molecular complexity index is 341. The summed E-state index contributed by atoms with van der Waals surface area (Å²) in [4.78, 5) is 13.3. The third-order valence-corrected chi connectivity index (χ3v) is 3.71. The standard InChI is InChI=1S/C13H25F3N4O/c1-3-4-12(2,17)11(21)19-9-10(13(14,15)16)20-7-5-18-6-8-20/h10,18H,3-9,17H2,1-2H3,(H,19,21). The van der Waals surface area contributed by atoms with Gasteiger partial charge >= 0.3 is 6.18 Å². The van der Waals surface area contributed by atoms with Crippen molar-refractivity contribution < 1.29 is 18.0 Å². The number of carbonyl (C=O) groups is 1. The quantitative estimate of drug-likeness (QED) is 0.666. The maximum Gasteiger partial charge on any atom is 0.405 e. The smallest absolute Gasteiger partial charge is 0.353 e. The SMILES string of the molecule is CCCC(C)(N)C(=O)NCC(N1CCNCC1)C(F)(F)F. The summed E-state index contributed by atoms with van der Waals surface area (Å²) in [5, 5.41) is 5.38. The van der Waals surface area contributed by atoms with E-state index < -0.39 is 30.2 Å². The van der Waals surface area contributed by atoms with E-state index in [9.17, 15) is 18.0 Å². The molecule has 1 amide bonds. The molecule has 21 heavy (non-hydrogen) atoms. The fraction of sp³-hybridized carbons (Fsp3) is 0.923. The monoisotopic (exact) mass is 310 g/mol. The van der Waals surface area contributed by atoms with Gasteiger partial charge in [0, 0.05) is 32.7 Å². The normalized spacial score (nSPS) is 21.6. The van der Waals surface area contributed by atoms with Gasteiger partial charge in [-0.15, -0.1) is 0 Å². The molecule has 1 fully saturated rings. The van der Waals surface area contributed by atoms with Crippen LogP contribution in [0.5, 0.6) is 0 Å². The first-order valence-corrected chi connectivity index (χ1v) is 7.27. The predicted octanol–water partition coefficient (Wildman–Crippen LogP) is 0.456. The summed E-state index contributed by atoms with van der Waals surface area (Å²) in [5.41, 5.74) is 4.70. The van der Waals surface area contributed by atoms with Crippen molar-refractivity contribution in [1.29, 1.82) is 0 Å². The van der Waals surface area contributed by atoms with Gasteiger partial charge in [-0.3, -0.25) is 9.69 Å². The van der Waals surface area contributed by atoms with Gasteiger partial charge in [0.1, 0.15) is 6.04 Å². The third-order valence-electron chi connectivity index (χ3n) is 3.71. The van der Waals surface area contributed by atoms with Crippen LogP contribution in [0.15, 0.2) is 0 Å². The Morgan fingerprint density at radius 1 is 1.38 bits per heavy atom. The number of carbonyl (C=O) groups excluding carboxylic acids is 1. The van der Waals surface area contributed by atoms with Crippen molar-refractivity contribution in [3.05, 3.63) is 0 Å². The lowest BCUT2D eigenvalue weighted by Crippen LogP contribution is -2.60. The summed E-state index contributed by atoms with van der Waals surface area (Å²) < 4.78 is 39.5. The minimum atomic E-state index is -4.37. The van der Waals surface area contributed by atoms with Crippen molar-refractivity contribution in [3.63, 3.8) is 0 Å². The van der Waals surface area contributed by atoms with Crippen LogP contribution in [0, 0.1) is 0 Å². The first-order chi connectivity index (χ1) is 9.68. The summed E-state index contributed by atoms with van der Waals surface area (Å²) in [5.74, 6) is -0.534. The van der Waals surface area contributed by atoms with E-state index in [0.717, 1.165) is 0 Å². The second-order valence-corrected chi connectivity index (χ2v) is 5.72. The summed E-state index contributed by atoms with van der Waals surface area (Å²) in [6.07, 6.45) is -3.25. The van der Waals surface area contributed by atoms with Crippen molar-refractivity contribution in [2.75, 3.05) is 32.7 Å². The Balaban J connectivity index is 2.63. The minimum Gasteiger partial charge on any atom is -0.353 e. The molecule has 1 saturated heterocycles. The maximum absolute atomic E-state index is 13.2. The topological polar surface area (TPSA) is 70.4 Å². The van der Waals surface area contributed by atoms with Gasteiger partial charge < -0.3 is 16.4 Å². The van der Waals surface area contributed by atoms with Gasteiger partial charge in [-0.25, -0.2) is 0 Å². The van der Waals surface area contributed by atoms with Crippen molar-refractivity contribution in [3.8, 4) is 0 Å².